The van der Waals surface area contributed by atoms with Crippen LogP contribution in [0.3, 0.4) is 0 Å². The van der Waals surface area contributed by atoms with Gasteiger partial charge in [-0.05, 0) is 0 Å². The van der Waals surface area contributed by atoms with Crippen LogP contribution in [-0.4, -0.2) is 12.1 Å². The molecule has 2 rings (SSSR count). The molecule has 0 unspecified atom stereocenters. The Morgan fingerprint density at radius 2 is 2.17 bits per heavy atom. The summed E-state index contributed by atoms with van der Waals surface area (Å²) in [4.78, 5) is 3.93. The lowest BCUT2D eigenvalue weighted by molar-refractivity contribution is 0.417. The number of hydrogen-bond acceptors (Lipinski definition) is 2. The molecule has 1 radical (unpaired) electrons. The molecule has 0 atom stereocenters. The van der Waals surface area contributed by atoms with Gasteiger partial charge in [-0.1, -0.05) is 24.3 Å². The van der Waals surface area contributed by atoms with Crippen LogP contribution in [0.4, 0.5) is 0 Å². The smallest absolute Gasteiger partial charge is 0.154 e. The van der Waals surface area contributed by atoms with Gasteiger partial charge in [0.25, 0.3) is 0 Å². The number of pyridine rings is 1. The van der Waals surface area contributed by atoms with Crippen LogP contribution in [0, 0.1) is 6.20 Å². The van der Waals surface area contributed by atoms with Gasteiger partial charge in [-0.25, -0.2) is 4.98 Å². The fourth-order valence-electron chi connectivity index (χ4n) is 1.19. The highest BCUT2D eigenvalue weighted by Gasteiger charge is 1.98. The number of nitrogens with zero attached hydrogens (tertiary/aromatic N) is 1. The van der Waals surface area contributed by atoms with Crippen molar-refractivity contribution in [3.63, 3.8) is 0 Å². The van der Waals surface area contributed by atoms with E-state index in [0.29, 0.717) is 5.75 Å². The maximum absolute atomic E-state index is 5.11. The Morgan fingerprint density at radius 3 is 3.00 bits per heavy atom. The summed E-state index contributed by atoms with van der Waals surface area (Å²) >= 11 is 0. The first-order valence-electron chi connectivity index (χ1n) is 3.71. The second-order valence-electron chi connectivity index (χ2n) is 2.49. The zero-order valence-corrected chi connectivity index (χ0v) is 6.74. The second kappa shape index (κ2) is 2.81. The number of fused-ring (bicyclic) bond motifs is 1. The topological polar surface area (TPSA) is 22.1 Å². The summed E-state index contributed by atoms with van der Waals surface area (Å²) in [6.45, 7) is 0. The van der Waals surface area contributed by atoms with E-state index in [9.17, 15) is 0 Å². The van der Waals surface area contributed by atoms with Gasteiger partial charge >= 0.3 is 0 Å². The summed E-state index contributed by atoms with van der Waals surface area (Å²) in [6.07, 6.45) is 4.56. The third-order valence-corrected chi connectivity index (χ3v) is 1.78. The molecule has 1 heterocycles. The van der Waals surface area contributed by atoms with Crippen LogP contribution in [0.25, 0.3) is 10.8 Å². The highest BCUT2D eigenvalue weighted by atomic mass is 16.5. The van der Waals surface area contributed by atoms with E-state index in [4.69, 9.17) is 4.74 Å². The molecule has 59 valence electrons. The SMILES string of the molecule is COc1[c]ncc2ccccc12. The van der Waals surface area contributed by atoms with E-state index in [1.165, 1.54) is 0 Å². The Labute approximate surface area is 70.8 Å². The summed E-state index contributed by atoms with van der Waals surface area (Å²) in [5, 5.41) is 2.13. The minimum atomic E-state index is 0.702. The monoisotopic (exact) mass is 158 g/mol. The van der Waals surface area contributed by atoms with Crippen molar-refractivity contribution in [1.82, 2.24) is 4.98 Å². The lowest BCUT2D eigenvalue weighted by atomic mass is 10.2. The molecule has 0 spiro atoms. The molecule has 0 aliphatic carbocycles. The normalized spacial score (nSPS) is 10.1. The minimum Gasteiger partial charge on any atom is -0.494 e. The average molecular weight is 158 g/mol. The van der Waals surface area contributed by atoms with Crippen molar-refractivity contribution in [2.24, 2.45) is 0 Å². The van der Waals surface area contributed by atoms with Crippen LogP contribution in [0.1, 0.15) is 0 Å². The van der Waals surface area contributed by atoms with Gasteiger partial charge in [-0.15, -0.1) is 0 Å². The molecule has 1 aromatic carbocycles. The number of methoxy groups -OCH3 is 1. The lowest BCUT2D eigenvalue weighted by Crippen LogP contribution is -1.86. The molecule has 2 aromatic rings. The number of rotatable bonds is 1. The summed E-state index contributed by atoms with van der Waals surface area (Å²) in [5.41, 5.74) is 0. The Balaban J connectivity index is 2.79. The standard InChI is InChI=1S/C10H8NO/c1-12-10-7-11-6-8-4-2-3-5-9(8)10/h2-6H,1H3. The molecule has 0 amide bonds. The maximum Gasteiger partial charge on any atom is 0.154 e. The number of benzene rings is 1. The quantitative estimate of drug-likeness (QED) is 0.633. The van der Waals surface area contributed by atoms with E-state index < -0.39 is 0 Å². The van der Waals surface area contributed by atoms with Gasteiger partial charge in [0.05, 0.1) is 7.11 Å². The highest BCUT2D eigenvalue weighted by molar-refractivity contribution is 5.86. The molecular formula is C10H8NO. The average Bonchev–Trinajstić information content (AvgIpc) is 2.17. The predicted molar refractivity (Wildman–Crippen MR) is 47.1 cm³/mol. The molecule has 2 nitrogen and oxygen atoms in total. The van der Waals surface area contributed by atoms with E-state index in [-0.39, 0.29) is 0 Å². The van der Waals surface area contributed by atoms with Gasteiger partial charge in [0.2, 0.25) is 0 Å². The summed E-state index contributed by atoms with van der Waals surface area (Å²) in [7, 11) is 1.62. The molecular weight excluding hydrogens is 150 g/mol. The molecule has 0 saturated carbocycles. The number of hydrogen-bond donors (Lipinski definition) is 0. The number of ether oxygens (including phenoxy) is 1. The van der Waals surface area contributed by atoms with E-state index in [2.05, 4.69) is 11.2 Å². The molecule has 2 heteroatoms. The van der Waals surface area contributed by atoms with E-state index in [1.807, 2.05) is 24.3 Å². The Bertz CT molecular complexity index is 392. The van der Waals surface area contributed by atoms with Crippen molar-refractivity contribution in [1.29, 1.82) is 0 Å². The largest absolute Gasteiger partial charge is 0.494 e. The summed E-state index contributed by atoms with van der Waals surface area (Å²) < 4.78 is 5.11. The van der Waals surface area contributed by atoms with Crippen molar-refractivity contribution < 1.29 is 4.74 Å². The van der Waals surface area contributed by atoms with E-state index >= 15 is 0 Å². The van der Waals surface area contributed by atoms with Crippen LogP contribution in [0.2, 0.25) is 0 Å². The molecule has 1 aromatic heterocycles. The molecule has 0 bridgehead atoms. The van der Waals surface area contributed by atoms with E-state index in [0.717, 1.165) is 10.8 Å². The first-order chi connectivity index (χ1) is 5.92. The summed E-state index contributed by atoms with van der Waals surface area (Å²) in [5.74, 6) is 0.702. The Morgan fingerprint density at radius 1 is 1.33 bits per heavy atom. The Kier molecular flexibility index (Phi) is 1.67. The van der Waals surface area contributed by atoms with Gasteiger partial charge < -0.3 is 4.74 Å². The molecule has 0 saturated heterocycles. The van der Waals surface area contributed by atoms with Crippen LogP contribution >= 0.6 is 0 Å². The van der Waals surface area contributed by atoms with Crippen LogP contribution in [0.5, 0.6) is 5.75 Å². The minimum absolute atomic E-state index is 0.702. The van der Waals surface area contributed by atoms with Crippen molar-refractivity contribution in [2.45, 2.75) is 0 Å². The fraction of sp³-hybridized carbons (Fsp3) is 0.100. The van der Waals surface area contributed by atoms with Gasteiger partial charge in [0, 0.05) is 17.0 Å². The molecule has 0 aliphatic rings. The Hall–Kier alpha value is -1.57. The van der Waals surface area contributed by atoms with Crippen LogP contribution < -0.4 is 4.74 Å². The molecule has 0 N–H and O–H groups in total. The third kappa shape index (κ3) is 1.01. The van der Waals surface area contributed by atoms with Gasteiger partial charge in [0.1, 0.15) is 6.20 Å². The lowest BCUT2D eigenvalue weighted by Gasteiger charge is -2.01. The maximum atomic E-state index is 5.11. The third-order valence-electron chi connectivity index (χ3n) is 1.78. The summed E-state index contributed by atoms with van der Waals surface area (Å²) in [6, 6.07) is 7.94. The first kappa shape index (κ1) is 7.10. The molecule has 0 aliphatic heterocycles. The van der Waals surface area contributed by atoms with Crippen molar-refractivity contribution in [3.05, 3.63) is 36.7 Å². The molecule has 12 heavy (non-hydrogen) atoms. The van der Waals surface area contributed by atoms with Crippen molar-refractivity contribution in [3.8, 4) is 5.75 Å². The fourth-order valence-corrected chi connectivity index (χ4v) is 1.19. The predicted octanol–water partition coefficient (Wildman–Crippen LogP) is 2.04. The van der Waals surface area contributed by atoms with Crippen molar-refractivity contribution in [2.75, 3.05) is 7.11 Å². The van der Waals surface area contributed by atoms with Gasteiger partial charge in [-0.2, -0.15) is 0 Å². The van der Waals surface area contributed by atoms with Crippen LogP contribution in [-0.2, 0) is 0 Å². The van der Waals surface area contributed by atoms with E-state index in [1.54, 1.807) is 13.3 Å². The second-order valence-corrected chi connectivity index (χ2v) is 2.49. The highest BCUT2D eigenvalue weighted by Crippen LogP contribution is 2.22. The molecule has 0 fully saturated rings. The zero-order chi connectivity index (χ0) is 8.39. The first-order valence-corrected chi connectivity index (χ1v) is 3.71. The zero-order valence-electron chi connectivity index (χ0n) is 6.74. The van der Waals surface area contributed by atoms with Crippen LogP contribution in [0.15, 0.2) is 30.5 Å². The number of aromatic nitrogens is 1. The van der Waals surface area contributed by atoms with Crippen molar-refractivity contribution >= 4 is 10.8 Å². The van der Waals surface area contributed by atoms with Gasteiger partial charge in [-0.3, -0.25) is 0 Å². The van der Waals surface area contributed by atoms with Gasteiger partial charge in [0.15, 0.2) is 5.75 Å².